The first-order valence-corrected chi connectivity index (χ1v) is 25.8. The number of benzene rings is 5. The number of phenolic OH excluding ortho intramolecular Hbond substituents is 3. The van der Waals surface area contributed by atoms with Gasteiger partial charge in [-0.3, -0.25) is 10.6 Å². The summed E-state index contributed by atoms with van der Waals surface area (Å²) in [6.45, 7) is 1.30. The highest BCUT2D eigenvalue weighted by atomic mass is 16.5. The Morgan fingerprint density at radius 3 is 2.44 bits per heavy atom. The summed E-state index contributed by atoms with van der Waals surface area (Å²) in [4.78, 5) is 0. The Morgan fingerprint density at radius 2 is 1.62 bits per heavy atom. The number of phenols is 3. The number of nitrogens with one attached hydrogen (secondary N) is 2. The van der Waals surface area contributed by atoms with Crippen molar-refractivity contribution >= 4 is 10.8 Å². The standard InChI is InChI=1S/C58H66N2O11/c1-66-23-8-14-49-52(48-33-68-55-37(28-42(30-46(55)54(48)65)69-41-12-2-3-13-41)25-36-27-39(63)15-17-43(36)34-9-6-11-38(62)26-34)57-47-31-51(45-29-40(64)16-18-44(45)56(47)70-49)67-24-7-10-35-32-59-58(20-4-5-21-58)60-53(35)50(71-57)19-22-61/h6,9,11,15-18,26-31,35,41,48-50,52-54,57,59-65H,2-5,8,12-14,19-25,32-33H2,1H3. The van der Waals surface area contributed by atoms with Crippen molar-refractivity contribution in [3.63, 3.8) is 0 Å². The molecule has 13 nitrogen and oxygen atoms in total. The summed E-state index contributed by atoms with van der Waals surface area (Å²) in [5, 5.41) is 65.5. The van der Waals surface area contributed by atoms with Crippen molar-refractivity contribution in [2.75, 3.05) is 40.1 Å². The minimum atomic E-state index is -1.06. The van der Waals surface area contributed by atoms with Gasteiger partial charge in [-0.1, -0.05) is 42.9 Å². The van der Waals surface area contributed by atoms with E-state index in [0.717, 1.165) is 84.6 Å². The molecule has 6 aliphatic rings. The Balaban J connectivity index is 1.04. The van der Waals surface area contributed by atoms with Crippen LogP contribution in [-0.2, 0) is 15.9 Å². The molecule has 13 heteroatoms. The SMILES string of the molecule is COCCCC1Oc2c3cc(c4cc(O)ccc24)OCC#CC2CNC4(CCCC4)NC2C(CCO)OC3C1C1COc2c(Cc3cc(O)ccc3-c3cccc(O)c3)cc(OC3CCCC3)cc2C1O. The Kier molecular flexibility index (Phi) is 13.7. The largest absolute Gasteiger partial charge is 0.508 e. The van der Waals surface area contributed by atoms with Gasteiger partial charge >= 0.3 is 0 Å². The van der Waals surface area contributed by atoms with E-state index in [9.17, 15) is 25.5 Å². The van der Waals surface area contributed by atoms with E-state index in [2.05, 4.69) is 22.5 Å². The summed E-state index contributed by atoms with van der Waals surface area (Å²) in [5.41, 5.74) is 4.36. The van der Waals surface area contributed by atoms with E-state index in [4.69, 9.17) is 28.4 Å². The van der Waals surface area contributed by atoms with Crippen LogP contribution in [0.4, 0.5) is 0 Å². The quantitative estimate of drug-likeness (QED) is 0.0467. The maximum atomic E-state index is 13.3. The molecule has 5 aromatic rings. The zero-order chi connectivity index (χ0) is 48.6. The molecule has 7 N–H and O–H groups in total. The van der Waals surface area contributed by atoms with E-state index < -0.39 is 36.3 Å². The minimum Gasteiger partial charge on any atom is -0.508 e. The minimum absolute atomic E-state index is 0.0390. The number of ether oxygens (including phenoxy) is 6. The molecule has 1 spiro atoms. The van der Waals surface area contributed by atoms with Crippen molar-refractivity contribution in [2.45, 2.75) is 119 Å². The fraction of sp³-hybridized carbons (Fsp3) is 0.483. The van der Waals surface area contributed by atoms with Crippen molar-refractivity contribution in [2.24, 2.45) is 17.8 Å². The van der Waals surface area contributed by atoms with Gasteiger partial charge in [0.05, 0.1) is 42.6 Å². The van der Waals surface area contributed by atoms with Crippen LogP contribution in [0.25, 0.3) is 21.9 Å². The lowest BCUT2D eigenvalue weighted by Gasteiger charge is -2.50. The van der Waals surface area contributed by atoms with E-state index in [1.54, 1.807) is 49.6 Å². The average molecular weight is 967 g/mol. The maximum absolute atomic E-state index is 13.3. The second-order valence-corrected chi connectivity index (χ2v) is 20.6. The number of hydrogen-bond donors (Lipinski definition) is 7. The third kappa shape index (κ3) is 9.59. The van der Waals surface area contributed by atoms with Crippen LogP contribution < -0.4 is 29.6 Å². The third-order valence-electron chi connectivity index (χ3n) is 16.0. The van der Waals surface area contributed by atoms with Crippen LogP contribution in [-0.4, -0.2) is 95.6 Å². The Labute approximate surface area is 415 Å². The average Bonchev–Trinajstić information content (AvgIpc) is 4.06. The molecule has 8 unspecified atom stereocenters. The lowest BCUT2D eigenvalue weighted by Crippen LogP contribution is -2.69. The molecule has 3 fully saturated rings. The molecular formula is C58H66N2O11. The molecule has 8 atom stereocenters. The smallest absolute Gasteiger partial charge is 0.149 e. The van der Waals surface area contributed by atoms with E-state index in [1.807, 2.05) is 36.4 Å². The summed E-state index contributed by atoms with van der Waals surface area (Å²) >= 11 is 0. The van der Waals surface area contributed by atoms with E-state index in [0.29, 0.717) is 72.8 Å². The van der Waals surface area contributed by atoms with Crippen molar-refractivity contribution in [3.8, 4) is 63.2 Å². The molecule has 71 heavy (non-hydrogen) atoms. The topological polar surface area (TPSA) is 181 Å². The highest BCUT2D eigenvalue weighted by molar-refractivity contribution is 5.96. The maximum Gasteiger partial charge on any atom is 0.149 e. The monoisotopic (exact) mass is 966 g/mol. The zero-order valence-electron chi connectivity index (χ0n) is 40.4. The molecule has 0 radical (unpaired) electrons. The predicted octanol–water partition coefficient (Wildman–Crippen LogP) is 8.73. The molecule has 0 amide bonds. The van der Waals surface area contributed by atoms with Gasteiger partial charge < -0.3 is 54.0 Å². The normalized spacial score (nSPS) is 26.7. The third-order valence-corrected chi connectivity index (χ3v) is 16.0. The highest BCUT2D eigenvalue weighted by Gasteiger charge is 2.52. The molecule has 4 heterocycles. The summed E-state index contributed by atoms with van der Waals surface area (Å²) in [5.74, 6) is 8.30. The van der Waals surface area contributed by atoms with Crippen molar-refractivity contribution in [1.29, 1.82) is 0 Å². The summed E-state index contributed by atoms with van der Waals surface area (Å²) < 4.78 is 40.9. The van der Waals surface area contributed by atoms with Crippen LogP contribution in [0.5, 0.6) is 40.2 Å². The van der Waals surface area contributed by atoms with Crippen molar-refractivity contribution < 1.29 is 54.0 Å². The predicted molar refractivity (Wildman–Crippen MR) is 268 cm³/mol. The molecule has 0 aromatic heterocycles. The molecule has 5 aromatic carbocycles. The van der Waals surface area contributed by atoms with Crippen molar-refractivity contribution in [3.05, 3.63) is 101 Å². The van der Waals surface area contributed by atoms with Crippen LogP contribution in [0.15, 0.2) is 78.9 Å². The first kappa shape index (κ1) is 47.6. The molecule has 11 rings (SSSR count). The van der Waals surface area contributed by atoms with Gasteiger partial charge in [-0.25, -0.2) is 0 Å². The van der Waals surface area contributed by atoms with Gasteiger partial charge in [0.15, 0.2) is 0 Å². The Bertz CT molecular complexity index is 2790. The Hall–Kier alpha value is -5.72. The van der Waals surface area contributed by atoms with E-state index in [-0.39, 0.29) is 60.8 Å². The lowest BCUT2D eigenvalue weighted by molar-refractivity contribution is -0.148. The molecule has 2 bridgehead atoms. The molecule has 1 saturated heterocycles. The number of methoxy groups -OCH3 is 1. The molecule has 4 aliphatic heterocycles. The van der Waals surface area contributed by atoms with Gasteiger partial charge in [-0.2, -0.15) is 0 Å². The molecule has 2 saturated carbocycles. The number of rotatable bonds is 12. The summed E-state index contributed by atoms with van der Waals surface area (Å²) in [7, 11) is 1.69. The van der Waals surface area contributed by atoms with Crippen LogP contribution in [0.2, 0.25) is 0 Å². The fourth-order valence-electron chi connectivity index (χ4n) is 12.6. The number of aromatic hydroxyl groups is 3. The Morgan fingerprint density at radius 1 is 0.803 bits per heavy atom. The number of aliphatic hydroxyl groups is 2. The van der Waals surface area contributed by atoms with Gasteiger partial charge in [0.25, 0.3) is 0 Å². The molecular weight excluding hydrogens is 901 g/mol. The van der Waals surface area contributed by atoms with E-state index in [1.165, 1.54) is 0 Å². The van der Waals surface area contributed by atoms with Crippen LogP contribution in [0, 0.1) is 29.6 Å². The second-order valence-electron chi connectivity index (χ2n) is 20.6. The highest BCUT2D eigenvalue weighted by Crippen LogP contribution is 2.56. The van der Waals surface area contributed by atoms with Crippen LogP contribution in [0.3, 0.4) is 0 Å². The number of fused-ring (bicyclic) bond motifs is 6. The summed E-state index contributed by atoms with van der Waals surface area (Å²) in [6.07, 6.45) is 7.47. The van der Waals surface area contributed by atoms with E-state index >= 15 is 0 Å². The van der Waals surface area contributed by atoms with Gasteiger partial charge in [0, 0.05) is 78.6 Å². The molecule has 374 valence electrons. The number of hydrogen-bond acceptors (Lipinski definition) is 13. The summed E-state index contributed by atoms with van der Waals surface area (Å²) in [6, 6.07) is 23.2. The second kappa shape index (κ2) is 20.4. The fourth-order valence-corrected chi connectivity index (χ4v) is 12.6. The van der Waals surface area contributed by atoms with Gasteiger partial charge in [0.1, 0.15) is 53.0 Å². The van der Waals surface area contributed by atoms with Crippen LogP contribution in [0.1, 0.15) is 105 Å². The molecule has 2 aliphatic carbocycles. The van der Waals surface area contributed by atoms with Crippen LogP contribution >= 0.6 is 0 Å². The van der Waals surface area contributed by atoms with Crippen molar-refractivity contribution in [1.82, 2.24) is 10.6 Å². The first-order chi connectivity index (χ1) is 34.7. The van der Waals surface area contributed by atoms with Gasteiger partial charge in [0.2, 0.25) is 0 Å². The first-order valence-electron chi connectivity index (χ1n) is 25.8. The lowest BCUT2D eigenvalue weighted by atomic mass is 9.72. The zero-order valence-corrected chi connectivity index (χ0v) is 40.4. The number of aliphatic hydroxyl groups excluding tert-OH is 2. The van der Waals surface area contributed by atoms with Gasteiger partial charge in [-0.05, 0) is 135 Å². The van der Waals surface area contributed by atoms with Gasteiger partial charge in [-0.15, -0.1) is 0 Å².